The summed E-state index contributed by atoms with van der Waals surface area (Å²) in [5.74, 6) is 0.932. The molecule has 136 valence electrons. The Morgan fingerprint density at radius 2 is 2.00 bits per heavy atom. The molecule has 3 rings (SSSR count). The van der Waals surface area contributed by atoms with Gasteiger partial charge in [0.1, 0.15) is 5.01 Å². The molecular formula is C17H23ClIN5S. The molecule has 1 fully saturated rings. The number of para-hydroxylation sites is 1. The standard InChI is InChI=1S/C17H22ClN5S.HI/c1-13-11-20-16(24-13)12-21-17(19-2)23-9-7-22(8-10-23)15-6-4-3-5-14(15)18;/h3-6,11H,7-10,12H2,1-2H3,(H,19,21);1H. The second-order valence-electron chi connectivity index (χ2n) is 5.69. The van der Waals surface area contributed by atoms with E-state index in [2.05, 4.69) is 38.1 Å². The van der Waals surface area contributed by atoms with Crippen LogP contribution >= 0.6 is 46.9 Å². The summed E-state index contributed by atoms with van der Waals surface area (Å²) in [6.45, 7) is 6.49. The highest BCUT2D eigenvalue weighted by molar-refractivity contribution is 14.0. The number of piperazine rings is 1. The molecule has 25 heavy (non-hydrogen) atoms. The highest BCUT2D eigenvalue weighted by atomic mass is 127. The van der Waals surface area contributed by atoms with Gasteiger partial charge in [-0.3, -0.25) is 4.99 Å². The molecule has 0 aliphatic carbocycles. The van der Waals surface area contributed by atoms with E-state index in [4.69, 9.17) is 11.6 Å². The van der Waals surface area contributed by atoms with Crippen LogP contribution in [0.4, 0.5) is 5.69 Å². The molecule has 0 amide bonds. The zero-order valence-electron chi connectivity index (χ0n) is 14.4. The van der Waals surface area contributed by atoms with Crippen LogP contribution in [0.5, 0.6) is 0 Å². The van der Waals surface area contributed by atoms with E-state index in [9.17, 15) is 0 Å². The van der Waals surface area contributed by atoms with Gasteiger partial charge in [-0.1, -0.05) is 23.7 Å². The Morgan fingerprint density at radius 1 is 1.28 bits per heavy atom. The summed E-state index contributed by atoms with van der Waals surface area (Å²) in [7, 11) is 1.83. The van der Waals surface area contributed by atoms with Crippen LogP contribution < -0.4 is 10.2 Å². The van der Waals surface area contributed by atoms with Crippen molar-refractivity contribution in [2.24, 2.45) is 4.99 Å². The normalized spacial score (nSPS) is 15.1. The van der Waals surface area contributed by atoms with Crippen molar-refractivity contribution >= 4 is 58.6 Å². The van der Waals surface area contributed by atoms with E-state index in [0.29, 0.717) is 0 Å². The Bertz CT molecular complexity index is 713. The molecule has 0 bridgehead atoms. The Morgan fingerprint density at radius 3 is 2.60 bits per heavy atom. The molecule has 0 spiro atoms. The first kappa shape index (κ1) is 20.3. The van der Waals surface area contributed by atoms with Gasteiger partial charge in [0.2, 0.25) is 0 Å². The number of aliphatic imine (C=N–C) groups is 1. The molecule has 5 nitrogen and oxygen atoms in total. The summed E-state index contributed by atoms with van der Waals surface area (Å²) in [6.07, 6.45) is 1.91. The van der Waals surface area contributed by atoms with Crippen molar-refractivity contribution in [3.05, 3.63) is 45.4 Å². The van der Waals surface area contributed by atoms with Crippen LogP contribution in [0.3, 0.4) is 0 Å². The predicted octanol–water partition coefficient (Wildman–Crippen LogP) is 3.62. The average molecular weight is 492 g/mol. The molecule has 0 unspecified atom stereocenters. The molecule has 0 saturated carbocycles. The van der Waals surface area contributed by atoms with Crippen LogP contribution in [0, 0.1) is 6.92 Å². The third-order valence-corrected chi connectivity index (χ3v) is 5.28. The van der Waals surface area contributed by atoms with Gasteiger partial charge in [0, 0.05) is 44.3 Å². The lowest BCUT2D eigenvalue weighted by atomic mass is 10.2. The van der Waals surface area contributed by atoms with Crippen molar-refractivity contribution in [2.45, 2.75) is 13.5 Å². The summed E-state index contributed by atoms with van der Waals surface area (Å²) in [4.78, 5) is 14.6. The van der Waals surface area contributed by atoms with Gasteiger partial charge in [0.05, 0.1) is 17.3 Å². The number of anilines is 1. The molecule has 1 aliphatic rings. The molecule has 1 N–H and O–H groups in total. The van der Waals surface area contributed by atoms with Crippen molar-refractivity contribution in [2.75, 3.05) is 38.1 Å². The van der Waals surface area contributed by atoms with Gasteiger partial charge < -0.3 is 15.1 Å². The van der Waals surface area contributed by atoms with Crippen molar-refractivity contribution < 1.29 is 0 Å². The molecular weight excluding hydrogens is 469 g/mol. The highest BCUT2D eigenvalue weighted by Gasteiger charge is 2.21. The minimum atomic E-state index is 0. The van der Waals surface area contributed by atoms with Crippen LogP contribution in [0.1, 0.15) is 9.88 Å². The number of aromatic nitrogens is 1. The fourth-order valence-corrected chi connectivity index (χ4v) is 3.82. The van der Waals surface area contributed by atoms with E-state index in [1.54, 1.807) is 11.3 Å². The minimum absolute atomic E-state index is 0. The van der Waals surface area contributed by atoms with E-state index in [1.165, 1.54) is 4.88 Å². The van der Waals surface area contributed by atoms with Crippen molar-refractivity contribution in [1.82, 2.24) is 15.2 Å². The van der Waals surface area contributed by atoms with Gasteiger partial charge >= 0.3 is 0 Å². The number of hydrogen-bond acceptors (Lipinski definition) is 4. The third-order valence-electron chi connectivity index (χ3n) is 4.05. The second kappa shape index (κ2) is 9.59. The quantitative estimate of drug-likeness (QED) is 0.405. The van der Waals surface area contributed by atoms with Gasteiger partial charge in [-0.05, 0) is 19.1 Å². The minimum Gasteiger partial charge on any atom is -0.367 e. The SMILES string of the molecule is CN=C(NCc1ncc(C)s1)N1CCN(c2ccccc2Cl)CC1.I. The van der Waals surface area contributed by atoms with E-state index in [1.807, 2.05) is 31.4 Å². The summed E-state index contributed by atoms with van der Waals surface area (Å²) in [5.41, 5.74) is 1.11. The van der Waals surface area contributed by atoms with Crippen molar-refractivity contribution in [1.29, 1.82) is 0 Å². The van der Waals surface area contributed by atoms with Crippen molar-refractivity contribution in [3.8, 4) is 0 Å². The number of nitrogens with one attached hydrogen (secondary N) is 1. The summed E-state index contributed by atoms with van der Waals surface area (Å²) in [5, 5.41) is 5.31. The molecule has 0 radical (unpaired) electrons. The molecule has 1 aromatic carbocycles. The summed E-state index contributed by atoms with van der Waals surface area (Å²) < 4.78 is 0. The van der Waals surface area contributed by atoms with Crippen molar-refractivity contribution in [3.63, 3.8) is 0 Å². The Kier molecular flexibility index (Phi) is 7.77. The molecule has 2 aromatic rings. The van der Waals surface area contributed by atoms with Gasteiger partial charge in [-0.15, -0.1) is 35.3 Å². The third kappa shape index (κ3) is 5.21. The molecule has 2 heterocycles. The maximum atomic E-state index is 6.31. The van der Waals surface area contributed by atoms with Crippen LogP contribution in [0.15, 0.2) is 35.5 Å². The molecule has 1 saturated heterocycles. The molecule has 8 heteroatoms. The van der Waals surface area contributed by atoms with Crippen LogP contribution in [0.25, 0.3) is 0 Å². The smallest absolute Gasteiger partial charge is 0.194 e. The number of hydrogen-bond donors (Lipinski definition) is 1. The predicted molar refractivity (Wildman–Crippen MR) is 118 cm³/mol. The number of guanidine groups is 1. The molecule has 1 aromatic heterocycles. The zero-order chi connectivity index (χ0) is 16.9. The number of rotatable bonds is 3. The first-order valence-electron chi connectivity index (χ1n) is 8.04. The Hall–Kier alpha value is -1.06. The van der Waals surface area contributed by atoms with Gasteiger partial charge in [0.25, 0.3) is 0 Å². The van der Waals surface area contributed by atoms with E-state index in [-0.39, 0.29) is 24.0 Å². The lowest BCUT2D eigenvalue weighted by molar-refractivity contribution is 0.372. The lowest BCUT2D eigenvalue weighted by Gasteiger charge is -2.38. The average Bonchev–Trinajstić information content (AvgIpc) is 3.02. The topological polar surface area (TPSA) is 43.8 Å². The summed E-state index contributed by atoms with van der Waals surface area (Å²) in [6, 6.07) is 8.02. The largest absolute Gasteiger partial charge is 0.367 e. The van der Waals surface area contributed by atoms with E-state index < -0.39 is 0 Å². The number of aryl methyl sites for hydroxylation is 1. The van der Waals surface area contributed by atoms with Gasteiger partial charge in [-0.2, -0.15) is 0 Å². The maximum absolute atomic E-state index is 6.31. The van der Waals surface area contributed by atoms with Gasteiger partial charge in [0.15, 0.2) is 5.96 Å². The lowest BCUT2D eigenvalue weighted by Crippen LogP contribution is -2.52. The van der Waals surface area contributed by atoms with E-state index >= 15 is 0 Å². The number of benzene rings is 1. The summed E-state index contributed by atoms with van der Waals surface area (Å²) >= 11 is 8.02. The van der Waals surface area contributed by atoms with Gasteiger partial charge in [-0.25, -0.2) is 4.98 Å². The first-order chi connectivity index (χ1) is 11.7. The highest BCUT2D eigenvalue weighted by Crippen LogP contribution is 2.26. The maximum Gasteiger partial charge on any atom is 0.194 e. The Balaban J connectivity index is 0.00000225. The number of nitrogens with zero attached hydrogens (tertiary/aromatic N) is 4. The number of thiazole rings is 1. The fourth-order valence-electron chi connectivity index (χ4n) is 2.84. The second-order valence-corrected chi connectivity index (χ2v) is 7.42. The monoisotopic (exact) mass is 491 g/mol. The molecule has 0 atom stereocenters. The Labute approximate surface area is 175 Å². The van der Waals surface area contributed by atoms with Crippen LogP contribution in [0.2, 0.25) is 5.02 Å². The van der Waals surface area contributed by atoms with Crippen LogP contribution in [-0.4, -0.2) is 49.1 Å². The zero-order valence-corrected chi connectivity index (χ0v) is 18.3. The molecule has 1 aliphatic heterocycles. The first-order valence-corrected chi connectivity index (χ1v) is 9.23. The van der Waals surface area contributed by atoms with Crippen LogP contribution in [-0.2, 0) is 6.54 Å². The fraction of sp³-hybridized carbons (Fsp3) is 0.412. The van der Waals surface area contributed by atoms with E-state index in [0.717, 1.165) is 54.4 Å². The number of halogens is 2.